The SMILES string of the molecule is O=C(CSc1ccccc1)NCC1CCN(C(=O)CCCCC(c2ccc(F)cc2)c2ccc(F)cc2)C1. The molecule has 0 spiro atoms. The van der Waals surface area contributed by atoms with E-state index >= 15 is 0 Å². The van der Waals surface area contributed by atoms with Crippen LogP contribution in [0, 0.1) is 17.6 Å². The normalized spacial score (nSPS) is 15.1. The van der Waals surface area contributed by atoms with E-state index in [1.807, 2.05) is 35.2 Å². The van der Waals surface area contributed by atoms with Crippen molar-refractivity contribution in [3.8, 4) is 0 Å². The van der Waals surface area contributed by atoms with Crippen molar-refractivity contribution in [1.82, 2.24) is 10.2 Å². The van der Waals surface area contributed by atoms with Crippen molar-refractivity contribution >= 4 is 23.6 Å². The lowest BCUT2D eigenvalue weighted by Gasteiger charge is -2.19. The Morgan fingerprint density at radius 1 is 0.895 bits per heavy atom. The van der Waals surface area contributed by atoms with E-state index in [4.69, 9.17) is 0 Å². The van der Waals surface area contributed by atoms with Crippen molar-refractivity contribution < 1.29 is 18.4 Å². The van der Waals surface area contributed by atoms with Gasteiger partial charge in [0.2, 0.25) is 11.8 Å². The highest BCUT2D eigenvalue weighted by Crippen LogP contribution is 2.30. The Morgan fingerprint density at radius 3 is 2.16 bits per heavy atom. The fourth-order valence-electron chi connectivity index (χ4n) is 4.90. The molecule has 4 nitrogen and oxygen atoms in total. The molecule has 1 heterocycles. The number of carbonyl (C=O) groups excluding carboxylic acids is 2. The lowest BCUT2D eigenvalue weighted by molar-refractivity contribution is -0.130. The van der Waals surface area contributed by atoms with Crippen molar-refractivity contribution in [1.29, 1.82) is 0 Å². The number of benzene rings is 3. The molecule has 1 aliphatic heterocycles. The van der Waals surface area contributed by atoms with E-state index < -0.39 is 0 Å². The highest BCUT2D eigenvalue weighted by molar-refractivity contribution is 8.00. The lowest BCUT2D eigenvalue weighted by atomic mass is 9.87. The number of thioether (sulfide) groups is 1. The predicted molar refractivity (Wildman–Crippen MR) is 148 cm³/mol. The molecule has 2 amide bonds. The minimum Gasteiger partial charge on any atom is -0.355 e. The molecule has 0 aromatic heterocycles. The number of rotatable bonds is 12. The van der Waals surface area contributed by atoms with E-state index in [1.54, 1.807) is 24.3 Å². The minimum atomic E-state index is -0.285. The highest BCUT2D eigenvalue weighted by Gasteiger charge is 2.26. The van der Waals surface area contributed by atoms with Crippen LogP contribution in [0.15, 0.2) is 83.8 Å². The monoisotopic (exact) mass is 536 g/mol. The molecule has 0 saturated carbocycles. The molecule has 3 aromatic carbocycles. The van der Waals surface area contributed by atoms with Crippen molar-refractivity contribution in [2.24, 2.45) is 5.92 Å². The van der Waals surface area contributed by atoms with E-state index in [9.17, 15) is 18.4 Å². The maximum absolute atomic E-state index is 13.4. The second-order valence-corrected chi connectivity index (χ2v) is 10.9. The molecule has 1 N–H and O–H groups in total. The third kappa shape index (κ3) is 8.42. The fourth-order valence-corrected chi connectivity index (χ4v) is 5.65. The van der Waals surface area contributed by atoms with Gasteiger partial charge >= 0.3 is 0 Å². The van der Waals surface area contributed by atoms with Gasteiger partial charge in [-0.05, 0) is 72.7 Å². The molecule has 200 valence electrons. The van der Waals surface area contributed by atoms with Gasteiger partial charge in [0.25, 0.3) is 0 Å². The van der Waals surface area contributed by atoms with Crippen LogP contribution in [0.25, 0.3) is 0 Å². The summed E-state index contributed by atoms with van der Waals surface area (Å²) in [6.45, 7) is 2.00. The van der Waals surface area contributed by atoms with Crippen LogP contribution in [0.3, 0.4) is 0 Å². The number of amides is 2. The first-order chi connectivity index (χ1) is 18.5. The average molecular weight is 537 g/mol. The molecule has 1 atom stereocenters. The van der Waals surface area contributed by atoms with Gasteiger partial charge in [-0.25, -0.2) is 8.78 Å². The average Bonchev–Trinajstić information content (AvgIpc) is 3.42. The maximum atomic E-state index is 13.4. The Bertz CT molecular complexity index is 1130. The Balaban J connectivity index is 1.18. The molecule has 1 aliphatic rings. The van der Waals surface area contributed by atoms with Crippen LogP contribution in [0.1, 0.15) is 49.1 Å². The van der Waals surface area contributed by atoms with Gasteiger partial charge in [-0.1, -0.05) is 48.9 Å². The van der Waals surface area contributed by atoms with Crippen molar-refractivity contribution in [2.75, 3.05) is 25.4 Å². The zero-order chi connectivity index (χ0) is 26.7. The van der Waals surface area contributed by atoms with Gasteiger partial charge in [-0.15, -0.1) is 11.8 Å². The molecule has 0 bridgehead atoms. The van der Waals surface area contributed by atoms with Crippen molar-refractivity contribution in [3.63, 3.8) is 0 Å². The van der Waals surface area contributed by atoms with Crippen LogP contribution in [-0.4, -0.2) is 42.1 Å². The van der Waals surface area contributed by atoms with Crippen LogP contribution < -0.4 is 5.32 Å². The summed E-state index contributed by atoms with van der Waals surface area (Å²) in [5.41, 5.74) is 1.96. The zero-order valence-electron chi connectivity index (χ0n) is 21.5. The molecule has 38 heavy (non-hydrogen) atoms. The second kappa shape index (κ2) is 14.1. The molecular weight excluding hydrogens is 502 g/mol. The smallest absolute Gasteiger partial charge is 0.230 e. The molecule has 0 aliphatic carbocycles. The summed E-state index contributed by atoms with van der Waals surface area (Å²) in [6, 6.07) is 22.7. The third-order valence-corrected chi connectivity index (χ3v) is 8.03. The summed E-state index contributed by atoms with van der Waals surface area (Å²) in [4.78, 5) is 28.0. The van der Waals surface area contributed by atoms with Crippen LogP contribution in [0.5, 0.6) is 0 Å². The Labute approximate surface area is 227 Å². The highest BCUT2D eigenvalue weighted by atomic mass is 32.2. The number of unbranched alkanes of at least 4 members (excludes halogenated alkanes) is 1. The van der Waals surface area contributed by atoms with E-state index in [2.05, 4.69) is 5.32 Å². The van der Waals surface area contributed by atoms with Gasteiger partial charge in [0, 0.05) is 36.9 Å². The van der Waals surface area contributed by atoms with Gasteiger partial charge in [0.05, 0.1) is 5.75 Å². The van der Waals surface area contributed by atoms with Gasteiger partial charge < -0.3 is 10.2 Å². The van der Waals surface area contributed by atoms with E-state index in [0.717, 1.165) is 48.3 Å². The lowest BCUT2D eigenvalue weighted by Crippen LogP contribution is -2.33. The van der Waals surface area contributed by atoms with Gasteiger partial charge in [-0.2, -0.15) is 0 Å². The first-order valence-corrected chi connectivity index (χ1v) is 14.2. The molecule has 4 rings (SSSR count). The van der Waals surface area contributed by atoms with E-state index in [1.165, 1.54) is 36.0 Å². The third-order valence-electron chi connectivity index (χ3n) is 7.02. The number of hydrogen-bond acceptors (Lipinski definition) is 3. The molecule has 1 unspecified atom stereocenters. The van der Waals surface area contributed by atoms with Gasteiger partial charge in [0.1, 0.15) is 11.6 Å². The molecule has 7 heteroatoms. The summed E-state index contributed by atoms with van der Waals surface area (Å²) in [5, 5.41) is 3.01. The number of likely N-dealkylation sites (tertiary alicyclic amines) is 1. The summed E-state index contributed by atoms with van der Waals surface area (Å²) in [7, 11) is 0. The van der Waals surface area contributed by atoms with Crippen LogP contribution >= 0.6 is 11.8 Å². The second-order valence-electron chi connectivity index (χ2n) is 9.80. The van der Waals surface area contributed by atoms with Crippen LogP contribution in [-0.2, 0) is 9.59 Å². The zero-order valence-corrected chi connectivity index (χ0v) is 22.3. The maximum Gasteiger partial charge on any atom is 0.230 e. The van der Waals surface area contributed by atoms with Crippen molar-refractivity contribution in [3.05, 3.63) is 102 Å². The Kier molecular flexibility index (Phi) is 10.3. The molecular formula is C31H34F2N2O2S. The van der Waals surface area contributed by atoms with Gasteiger partial charge in [0.15, 0.2) is 0 Å². The minimum absolute atomic E-state index is 0.0143. The standard InChI is InChI=1S/C31H34F2N2O2S/c32-26-14-10-24(11-15-26)29(25-12-16-27(33)17-13-25)8-4-5-9-31(37)35-19-18-23(21-35)20-34-30(36)22-38-28-6-2-1-3-7-28/h1-3,6-7,10-17,23,29H,4-5,8-9,18-22H2,(H,34,36). The summed E-state index contributed by atoms with van der Waals surface area (Å²) in [6.07, 6.45) is 3.76. The quantitative estimate of drug-likeness (QED) is 0.215. The number of halogens is 2. The van der Waals surface area contributed by atoms with E-state index in [0.29, 0.717) is 25.3 Å². The summed E-state index contributed by atoms with van der Waals surface area (Å²) in [5.74, 6) is 0.283. The predicted octanol–water partition coefficient (Wildman–Crippen LogP) is 6.41. The first kappa shape index (κ1) is 27.8. The molecule has 0 radical (unpaired) electrons. The van der Waals surface area contributed by atoms with Crippen LogP contribution in [0.2, 0.25) is 0 Å². The largest absolute Gasteiger partial charge is 0.355 e. The summed E-state index contributed by atoms with van der Waals surface area (Å²) >= 11 is 1.52. The fraction of sp³-hybridized carbons (Fsp3) is 0.355. The molecule has 3 aromatic rings. The first-order valence-electron chi connectivity index (χ1n) is 13.2. The number of carbonyl (C=O) groups is 2. The number of nitrogens with zero attached hydrogens (tertiary/aromatic N) is 1. The number of nitrogens with one attached hydrogen (secondary N) is 1. The summed E-state index contributed by atoms with van der Waals surface area (Å²) < 4.78 is 26.9. The van der Waals surface area contributed by atoms with Gasteiger partial charge in [-0.3, -0.25) is 9.59 Å². The Morgan fingerprint density at radius 2 is 1.53 bits per heavy atom. The topological polar surface area (TPSA) is 49.4 Å². The van der Waals surface area contributed by atoms with E-state index in [-0.39, 0.29) is 35.3 Å². The molecule has 1 saturated heterocycles. The Hall–Kier alpha value is -3.19. The number of hydrogen-bond donors (Lipinski definition) is 1. The van der Waals surface area contributed by atoms with Crippen molar-refractivity contribution in [2.45, 2.75) is 42.9 Å². The molecule has 1 fully saturated rings. The van der Waals surface area contributed by atoms with Crippen LogP contribution in [0.4, 0.5) is 8.78 Å².